The van der Waals surface area contributed by atoms with Gasteiger partial charge in [0.25, 0.3) is 0 Å². The number of nitrogens with zero attached hydrogens (tertiary/aromatic N) is 1. The molecule has 0 unspecified atom stereocenters. The van der Waals surface area contributed by atoms with E-state index in [2.05, 4.69) is 16.1 Å². The van der Waals surface area contributed by atoms with Crippen LogP contribution in [-0.2, 0) is 13.6 Å². The number of hydrogen-bond donors (Lipinski definition) is 1. The van der Waals surface area contributed by atoms with Crippen LogP contribution < -0.4 is 14.8 Å². The van der Waals surface area contributed by atoms with Crippen LogP contribution in [0.2, 0.25) is 0 Å². The number of fused-ring (bicyclic) bond motifs is 1. The van der Waals surface area contributed by atoms with E-state index in [-0.39, 0.29) is 0 Å². The van der Waals surface area contributed by atoms with Gasteiger partial charge in [-0.25, -0.2) is 0 Å². The van der Waals surface area contributed by atoms with Crippen LogP contribution in [0.4, 0.5) is 0 Å². The molecule has 1 aromatic heterocycles. The van der Waals surface area contributed by atoms with Gasteiger partial charge in [-0.05, 0) is 18.7 Å². The number of hydrogen-bond acceptors (Lipinski definition) is 3. The Kier molecular flexibility index (Phi) is 3.24. The number of rotatable bonds is 4. The van der Waals surface area contributed by atoms with Crippen molar-refractivity contribution in [2.75, 3.05) is 21.3 Å². The Morgan fingerprint density at radius 1 is 1.24 bits per heavy atom. The van der Waals surface area contributed by atoms with Gasteiger partial charge >= 0.3 is 0 Å². The SMILES string of the molecule is CNCc1cn(C)c2c(OC)cc(OC)cc12. The zero-order valence-corrected chi connectivity index (χ0v) is 10.7. The fourth-order valence-electron chi connectivity index (χ4n) is 2.16. The number of benzene rings is 1. The fraction of sp³-hybridized carbons (Fsp3) is 0.385. The van der Waals surface area contributed by atoms with Gasteiger partial charge in [0.1, 0.15) is 11.5 Å². The van der Waals surface area contributed by atoms with Gasteiger partial charge in [0, 0.05) is 31.2 Å². The van der Waals surface area contributed by atoms with Crippen LogP contribution in [0.25, 0.3) is 10.9 Å². The van der Waals surface area contributed by atoms with Crippen molar-refractivity contribution in [3.63, 3.8) is 0 Å². The van der Waals surface area contributed by atoms with Crippen molar-refractivity contribution >= 4 is 10.9 Å². The Morgan fingerprint density at radius 3 is 2.59 bits per heavy atom. The first-order valence-corrected chi connectivity index (χ1v) is 5.55. The molecule has 1 heterocycles. The lowest BCUT2D eigenvalue weighted by Crippen LogP contribution is -2.04. The van der Waals surface area contributed by atoms with Crippen molar-refractivity contribution in [3.8, 4) is 11.5 Å². The molecule has 17 heavy (non-hydrogen) atoms. The van der Waals surface area contributed by atoms with Crippen molar-refractivity contribution in [2.45, 2.75) is 6.54 Å². The molecule has 0 spiro atoms. The van der Waals surface area contributed by atoms with Gasteiger partial charge < -0.3 is 19.4 Å². The van der Waals surface area contributed by atoms with Gasteiger partial charge in [0.05, 0.1) is 19.7 Å². The minimum absolute atomic E-state index is 0.818. The molecule has 1 N–H and O–H groups in total. The minimum atomic E-state index is 0.818. The lowest BCUT2D eigenvalue weighted by atomic mass is 10.1. The van der Waals surface area contributed by atoms with Crippen LogP contribution in [0, 0.1) is 0 Å². The Bertz CT molecular complexity index is 532. The van der Waals surface area contributed by atoms with E-state index >= 15 is 0 Å². The zero-order valence-electron chi connectivity index (χ0n) is 10.7. The zero-order chi connectivity index (χ0) is 12.4. The third-order valence-electron chi connectivity index (χ3n) is 2.92. The highest BCUT2D eigenvalue weighted by Gasteiger charge is 2.12. The van der Waals surface area contributed by atoms with Crippen LogP contribution in [-0.4, -0.2) is 25.8 Å². The van der Waals surface area contributed by atoms with E-state index in [1.165, 1.54) is 5.56 Å². The normalized spacial score (nSPS) is 10.8. The van der Waals surface area contributed by atoms with Crippen LogP contribution in [0.1, 0.15) is 5.56 Å². The van der Waals surface area contributed by atoms with Crippen LogP contribution in [0.5, 0.6) is 11.5 Å². The molecular weight excluding hydrogens is 216 g/mol. The first-order valence-electron chi connectivity index (χ1n) is 5.55. The van der Waals surface area contributed by atoms with Gasteiger partial charge in [-0.2, -0.15) is 0 Å². The van der Waals surface area contributed by atoms with Gasteiger partial charge in [0.2, 0.25) is 0 Å². The first kappa shape index (κ1) is 11.8. The number of aromatic nitrogens is 1. The summed E-state index contributed by atoms with van der Waals surface area (Å²) in [6.07, 6.45) is 2.11. The van der Waals surface area contributed by atoms with E-state index in [4.69, 9.17) is 9.47 Å². The lowest BCUT2D eigenvalue weighted by molar-refractivity contribution is 0.397. The topological polar surface area (TPSA) is 35.4 Å². The maximum Gasteiger partial charge on any atom is 0.146 e. The molecule has 0 radical (unpaired) electrons. The molecule has 0 atom stereocenters. The summed E-state index contributed by atoms with van der Waals surface area (Å²) in [5, 5.41) is 4.33. The smallest absolute Gasteiger partial charge is 0.146 e. The quantitative estimate of drug-likeness (QED) is 0.877. The third kappa shape index (κ3) is 1.96. The molecule has 0 amide bonds. The molecule has 2 rings (SSSR count). The van der Waals surface area contributed by atoms with Crippen molar-refractivity contribution in [3.05, 3.63) is 23.9 Å². The van der Waals surface area contributed by atoms with Crippen LogP contribution >= 0.6 is 0 Å². The summed E-state index contributed by atoms with van der Waals surface area (Å²) in [6, 6.07) is 3.95. The molecule has 4 heteroatoms. The number of ether oxygens (including phenoxy) is 2. The molecular formula is C13H18N2O2. The van der Waals surface area contributed by atoms with Crippen LogP contribution in [0.3, 0.4) is 0 Å². The second-order valence-corrected chi connectivity index (χ2v) is 4.02. The van der Waals surface area contributed by atoms with Crippen molar-refractivity contribution in [1.82, 2.24) is 9.88 Å². The highest BCUT2D eigenvalue weighted by atomic mass is 16.5. The Balaban J connectivity index is 2.71. The number of aryl methyl sites for hydroxylation is 1. The van der Waals surface area contributed by atoms with E-state index < -0.39 is 0 Å². The lowest BCUT2D eigenvalue weighted by Gasteiger charge is -2.08. The van der Waals surface area contributed by atoms with Gasteiger partial charge in [-0.1, -0.05) is 0 Å². The highest BCUT2D eigenvalue weighted by molar-refractivity contribution is 5.90. The molecule has 0 bridgehead atoms. The maximum atomic E-state index is 5.42. The average molecular weight is 234 g/mol. The van der Waals surface area contributed by atoms with Gasteiger partial charge in [-0.3, -0.25) is 0 Å². The Labute approximate surface area is 101 Å². The van der Waals surface area contributed by atoms with E-state index in [0.29, 0.717) is 0 Å². The molecule has 0 aliphatic rings. The third-order valence-corrected chi connectivity index (χ3v) is 2.92. The maximum absolute atomic E-state index is 5.42. The predicted octanol–water partition coefficient (Wildman–Crippen LogP) is 1.91. The largest absolute Gasteiger partial charge is 0.497 e. The monoisotopic (exact) mass is 234 g/mol. The molecule has 4 nitrogen and oxygen atoms in total. The standard InChI is InChI=1S/C13H18N2O2/c1-14-7-9-8-15(2)13-11(9)5-10(16-3)6-12(13)17-4/h5-6,8,14H,7H2,1-4H3. The Morgan fingerprint density at radius 2 is 2.00 bits per heavy atom. The van der Waals surface area contributed by atoms with Crippen molar-refractivity contribution < 1.29 is 9.47 Å². The number of nitrogens with one attached hydrogen (secondary N) is 1. The molecule has 1 aromatic carbocycles. The van der Waals surface area contributed by atoms with Gasteiger partial charge in [0.15, 0.2) is 0 Å². The molecule has 0 aliphatic carbocycles. The number of methoxy groups -OCH3 is 2. The van der Waals surface area contributed by atoms with Crippen molar-refractivity contribution in [1.29, 1.82) is 0 Å². The predicted molar refractivity (Wildman–Crippen MR) is 68.8 cm³/mol. The first-order chi connectivity index (χ1) is 8.21. The molecule has 0 fully saturated rings. The fourth-order valence-corrected chi connectivity index (χ4v) is 2.16. The van der Waals surface area contributed by atoms with E-state index in [1.54, 1.807) is 14.2 Å². The van der Waals surface area contributed by atoms with E-state index in [9.17, 15) is 0 Å². The summed E-state index contributed by atoms with van der Waals surface area (Å²) in [7, 11) is 7.31. The second-order valence-electron chi connectivity index (χ2n) is 4.02. The summed E-state index contributed by atoms with van der Waals surface area (Å²) in [4.78, 5) is 0. The molecule has 0 saturated carbocycles. The molecule has 2 aromatic rings. The second kappa shape index (κ2) is 4.67. The summed E-state index contributed by atoms with van der Waals surface area (Å²) in [6.45, 7) is 0.827. The Hall–Kier alpha value is -1.68. The highest BCUT2D eigenvalue weighted by Crippen LogP contribution is 2.33. The van der Waals surface area contributed by atoms with E-state index in [0.717, 1.165) is 28.9 Å². The van der Waals surface area contributed by atoms with Crippen LogP contribution in [0.15, 0.2) is 18.3 Å². The summed E-state index contributed by atoms with van der Waals surface area (Å²) >= 11 is 0. The van der Waals surface area contributed by atoms with Gasteiger partial charge in [-0.15, -0.1) is 0 Å². The molecule has 92 valence electrons. The molecule has 0 aliphatic heterocycles. The summed E-state index contributed by atoms with van der Waals surface area (Å²) in [5.74, 6) is 1.65. The molecule has 0 saturated heterocycles. The summed E-state index contributed by atoms with van der Waals surface area (Å²) in [5.41, 5.74) is 2.33. The summed E-state index contributed by atoms with van der Waals surface area (Å²) < 4.78 is 12.8. The average Bonchev–Trinajstić information content (AvgIpc) is 2.66. The van der Waals surface area contributed by atoms with Crippen molar-refractivity contribution in [2.24, 2.45) is 7.05 Å². The minimum Gasteiger partial charge on any atom is -0.497 e. The van der Waals surface area contributed by atoms with E-state index in [1.807, 2.05) is 26.2 Å².